The van der Waals surface area contributed by atoms with Crippen molar-refractivity contribution in [3.63, 3.8) is 0 Å². The van der Waals surface area contributed by atoms with E-state index in [1.807, 2.05) is 13.8 Å². The molecular weight excluding hydrogens is 198 g/mol. The molecule has 0 bridgehead atoms. The fourth-order valence-electron chi connectivity index (χ4n) is 1.16. The van der Waals surface area contributed by atoms with Gasteiger partial charge >= 0.3 is 0 Å². The lowest BCUT2D eigenvalue weighted by Crippen LogP contribution is -2.21. The van der Waals surface area contributed by atoms with E-state index in [1.54, 1.807) is 4.68 Å². The fourth-order valence-corrected chi connectivity index (χ4v) is 1.41. The zero-order valence-electron chi connectivity index (χ0n) is 8.53. The van der Waals surface area contributed by atoms with E-state index in [9.17, 15) is 0 Å². The van der Waals surface area contributed by atoms with Gasteiger partial charge in [-0.3, -0.25) is 0 Å². The number of aromatic nitrogens is 4. The van der Waals surface area contributed by atoms with Crippen LogP contribution in [0.2, 0.25) is 0 Å². The molecule has 0 fully saturated rings. The van der Waals surface area contributed by atoms with Gasteiger partial charge in [0.15, 0.2) is 5.82 Å². The standard InChI is InChI=1S/C8H15N5S/c1-3-9-8(14)6-5-7-10-11-12-13(7)4-2/h3-6H2,1-2H3,(H,9,14). The summed E-state index contributed by atoms with van der Waals surface area (Å²) in [6.07, 6.45) is 1.61. The lowest BCUT2D eigenvalue weighted by atomic mass is 10.3. The predicted octanol–water partition coefficient (Wildman–Crippen LogP) is 0.562. The number of rotatable bonds is 5. The van der Waals surface area contributed by atoms with E-state index < -0.39 is 0 Å². The quantitative estimate of drug-likeness (QED) is 0.724. The van der Waals surface area contributed by atoms with Crippen molar-refractivity contribution >= 4 is 17.2 Å². The third-order valence-corrected chi connectivity index (χ3v) is 2.20. The Labute approximate surface area is 88.9 Å². The van der Waals surface area contributed by atoms with Crippen LogP contribution in [0.25, 0.3) is 0 Å². The van der Waals surface area contributed by atoms with E-state index in [0.717, 1.165) is 36.7 Å². The van der Waals surface area contributed by atoms with Crippen molar-refractivity contribution < 1.29 is 0 Å². The van der Waals surface area contributed by atoms with Crippen LogP contribution in [0.5, 0.6) is 0 Å². The van der Waals surface area contributed by atoms with E-state index >= 15 is 0 Å². The van der Waals surface area contributed by atoms with Crippen LogP contribution < -0.4 is 5.32 Å². The SMILES string of the molecule is CCNC(=S)CCc1nnnn1CC. The van der Waals surface area contributed by atoms with Crippen LogP contribution in [0.3, 0.4) is 0 Å². The lowest BCUT2D eigenvalue weighted by molar-refractivity contribution is 0.597. The minimum absolute atomic E-state index is 0.798. The summed E-state index contributed by atoms with van der Waals surface area (Å²) >= 11 is 5.12. The van der Waals surface area contributed by atoms with Gasteiger partial charge in [-0.1, -0.05) is 12.2 Å². The van der Waals surface area contributed by atoms with E-state index in [1.165, 1.54) is 0 Å². The molecule has 0 atom stereocenters. The first-order valence-corrected chi connectivity index (χ1v) is 5.20. The summed E-state index contributed by atoms with van der Waals surface area (Å²) in [7, 11) is 0. The maximum atomic E-state index is 5.12. The maximum Gasteiger partial charge on any atom is 0.151 e. The van der Waals surface area contributed by atoms with Gasteiger partial charge in [0, 0.05) is 25.9 Å². The van der Waals surface area contributed by atoms with Crippen LogP contribution in [0, 0.1) is 0 Å². The second-order valence-corrected chi connectivity index (χ2v) is 3.36. The van der Waals surface area contributed by atoms with Crippen LogP contribution in [-0.4, -0.2) is 31.7 Å². The Kier molecular flexibility index (Phi) is 4.45. The Balaban J connectivity index is 2.41. The van der Waals surface area contributed by atoms with E-state index in [4.69, 9.17) is 12.2 Å². The molecule has 6 heteroatoms. The molecule has 0 radical (unpaired) electrons. The van der Waals surface area contributed by atoms with Crippen LogP contribution in [-0.2, 0) is 13.0 Å². The van der Waals surface area contributed by atoms with E-state index in [-0.39, 0.29) is 0 Å². The van der Waals surface area contributed by atoms with Crippen molar-refractivity contribution in [2.45, 2.75) is 33.2 Å². The highest BCUT2D eigenvalue weighted by molar-refractivity contribution is 7.80. The van der Waals surface area contributed by atoms with Crippen molar-refractivity contribution in [3.8, 4) is 0 Å². The Hall–Kier alpha value is -1.04. The second-order valence-electron chi connectivity index (χ2n) is 2.86. The summed E-state index contributed by atoms with van der Waals surface area (Å²) in [4.78, 5) is 0.873. The molecule has 0 unspecified atom stereocenters. The summed E-state index contributed by atoms with van der Waals surface area (Å²) in [5, 5.41) is 14.5. The molecule has 0 spiro atoms. The van der Waals surface area contributed by atoms with Gasteiger partial charge in [-0.15, -0.1) is 5.10 Å². The highest BCUT2D eigenvalue weighted by Crippen LogP contribution is 1.98. The fraction of sp³-hybridized carbons (Fsp3) is 0.750. The van der Waals surface area contributed by atoms with Gasteiger partial charge in [0.05, 0.1) is 4.99 Å². The topological polar surface area (TPSA) is 55.6 Å². The van der Waals surface area contributed by atoms with Crippen LogP contribution in [0.4, 0.5) is 0 Å². The van der Waals surface area contributed by atoms with Gasteiger partial charge in [-0.25, -0.2) is 4.68 Å². The van der Waals surface area contributed by atoms with Gasteiger partial charge in [0.2, 0.25) is 0 Å². The normalized spacial score (nSPS) is 10.1. The molecule has 5 nitrogen and oxygen atoms in total. The summed E-state index contributed by atoms with van der Waals surface area (Å²) < 4.78 is 1.79. The second kappa shape index (κ2) is 5.64. The molecule has 0 aliphatic rings. The molecule has 0 aliphatic carbocycles. The van der Waals surface area contributed by atoms with Crippen LogP contribution >= 0.6 is 12.2 Å². The average molecular weight is 213 g/mol. The number of aryl methyl sites for hydroxylation is 2. The number of hydrogen-bond donors (Lipinski definition) is 1. The summed E-state index contributed by atoms with van der Waals surface area (Å²) in [6, 6.07) is 0. The van der Waals surface area contributed by atoms with Crippen molar-refractivity contribution in [1.82, 2.24) is 25.5 Å². The minimum atomic E-state index is 0.798. The summed E-state index contributed by atoms with van der Waals surface area (Å²) in [6.45, 7) is 5.72. The first kappa shape index (κ1) is 11.0. The molecule has 0 aliphatic heterocycles. The zero-order valence-corrected chi connectivity index (χ0v) is 9.34. The molecule has 0 amide bonds. The molecular formula is C8H15N5S. The number of tetrazole rings is 1. The van der Waals surface area contributed by atoms with Gasteiger partial charge in [-0.2, -0.15) is 0 Å². The van der Waals surface area contributed by atoms with Gasteiger partial charge < -0.3 is 5.32 Å². The van der Waals surface area contributed by atoms with Gasteiger partial charge in [-0.05, 0) is 24.3 Å². The van der Waals surface area contributed by atoms with E-state index in [2.05, 4.69) is 20.8 Å². The van der Waals surface area contributed by atoms with Crippen molar-refractivity contribution in [2.24, 2.45) is 0 Å². The third kappa shape index (κ3) is 3.02. The molecule has 0 saturated heterocycles. The molecule has 1 aromatic rings. The Morgan fingerprint density at radius 1 is 1.50 bits per heavy atom. The van der Waals surface area contributed by atoms with Crippen LogP contribution in [0.15, 0.2) is 0 Å². The molecule has 1 heterocycles. The monoisotopic (exact) mass is 213 g/mol. The van der Waals surface area contributed by atoms with Gasteiger partial charge in [0.1, 0.15) is 0 Å². The number of thiocarbonyl (C=S) groups is 1. The summed E-state index contributed by atoms with van der Waals surface area (Å²) in [5.74, 6) is 0.896. The predicted molar refractivity (Wildman–Crippen MR) is 58.1 cm³/mol. The van der Waals surface area contributed by atoms with Crippen molar-refractivity contribution in [3.05, 3.63) is 5.82 Å². The molecule has 14 heavy (non-hydrogen) atoms. The Morgan fingerprint density at radius 3 is 2.93 bits per heavy atom. The smallest absolute Gasteiger partial charge is 0.151 e. The molecule has 1 N–H and O–H groups in total. The molecule has 0 aromatic carbocycles. The zero-order chi connectivity index (χ0) is 10.4. The van der Waals surface area contributed by atoms with Crippen molar-refractivity contribution in [2.75, 3.05) is 6.54 Å². The first-order valence-electron chi connectivity index (χ1n) is 4.79. The summed E-state index contributed by atoms with van der Waals surface area (Å²) in [5.41, 5.74) is 0. The molecule has 1 aromatic heterocycles. The Morgan fingerprint density at radius 2 is 2.29 bits per heavy atom. The first-order chi connectivity index (χ1) is 6.77. The third-order valence-electron chi connectivity index (χ3n) is 1.86. The highest BCUT2D eigenvalue weighted by Gasteiger charge is 2.04. The largest absolute Gasteiger partial charge is 0.380 e. The molecule has 78 valence electrons. The van der Waals surface area contributed by atoms with Gasteiger partial charge in [0.25, 0.3) is 0 Å². The average Bonchev–Trinajstić information content (AvgIpc) is 2.62. The maximum absolute atomic E-state index is 5.12. The number of nitrogens with zero attached hydrogens (tertiary/aromatic N) is 4. The number of nitrogens with one attached hydrogen (secondary N) is 1. The van der Waals surface area contributed by atoms with Crippen molar-refractivity contribution in [1.29, 1.82) is 0 Å². The molecule has 0 saturated carbocycles. The Bertz CT molecular complexity index is 296. The van der Waals surface area contributed by atoms with Crippen LogP contribution in [0.1, 0.15) is 26.1 Å². The molecule has 1 rings (SSSR count). The lowest BCUT2D eigenvalue weighted by Gasteiger charge is -2.04. The van der Waals surface area contributed by atoms with E-state index in [0.29, 0.717) is 0 Å². The highest BCUT2D eigenvalue weighted by atomic mass is 32.1. The minimum Gasteiger partial charge on any atom is -0.380 e. The number of hydrogen-bond acceptors (Lipinski definition) is 4.